The molecule has 0 heterocycles. The van der Waals surface area contributed by atoms with Crippen molar-refractivity contribution in [2.24, 2.45) is 5.73 Å². The van der Waals surface area contributed by atoms with Crippen LogP contribution < -0.4 is 11.1 Å². The van der Waals surface area contributed by atoms with Gasteiger partial charge in [0.1, 0.15) is 0 Å². The van der Waals surface area contributed by atoms with Gasteiger partial charge < -0.3 is 16.0 Å². The molecule has 0 saturated heterocycles. The summed E-state index contributed by atoms with van der Waals surface area (Å²) in [4.78, 5) is 13.8. The molecular weight excluding hydrogens is 202 g/mol. The quantitative estimate of drug-likeness (QED) is 0.673. The smallest absolute Gasteiger partial charge is 0.237 e. The minimum absolute atomic E-state index is 0.176. The zero-order valence-corrected chi connectivity index (χ0v) is 10.6. The molecule has 1 aliphatic rings. The van der Waals surface area contributed by atoms with Gasteiger partial charge in [0.2, 0.25) is 5.91 Å². The van der Waals surface area contributed by atoms with Gasteiger partial charge in [0.25, 0.3) is 0 Å². The van der Waals surface area contributed by atoms with Gasteiger partial charge in [-0.3, -0.25) is 4.79 Å². The Bertz CT molecular complexity index is 220. The second-order valence-corrected chi connectivity index (χ2v) is 4.61. The van der Waals surface area contributed by atoms with Crippen molar-refractivity contribution in [2.75, 3.05) is 26.2 Å². The van der Waals surface area contributed by atoms with Gasteiger partial charge in [-0.2, -0.15) is 0 Å². The molecule has 4 nitrogen and oxygen atoms in total. The highest BCUT2D eigenvalue weighted by atomic mass is 16.1. The summed E-state index contributed by atoms with van der Waals surface area (Å²) in [6.45, 7) is 8.27. The summed E-state index contributed by atoms with van der Waals surface area (Å²) in [5, 5.41) is 3.38. The maximum absolute atomic E-state index is 11.5. The summed E-state index contributed by atoms with van der Waals surface area (Å²) < 4.78 is 0. The Kier molecular flexibility index (Phi) is 5.22. The third-order valence-corrected chi connectivity index (χ3v) is 3.71. The molecule has 0 aromatic carbocycles. The summed E-state index contributed by atoms with van der Waals surface area (Å²) in [6.07, 6.45) is 4.03. The third kappa shape index (κ3) is 3.19. The first-order valence-electron chi connectivity index (χ1n) is 6.42. The van der Waals surface area contributed by atoms with E-state index in [-0.39, 0.29) is 5.91 Å². The molecule has 0 unspecified atom stereocenters. The number of nitrogens with two attached hydrogens (primary N) is 1. The van der Waals surface area contributed by atoms with Crippen LogP contribution in [0.4, 0.5) is 0 Å². The van der Waals surface area contributed by atoms with Gasteiger partial charge in [0.05, 0.1) is 5.54 Å². The van der Waals surface area contributed by atoms with Gasteiger partial charge in [0.15, 0.2) is 0 Å². The van der Waals surface area contributed by atoms with E-state index in [2.05, 4.69) is 24.1 Å². The molecule has 0 radical (unpaired) electrons. The number of likely N-dealkylation sites (N-methyl/N-ethyl adjacent to an activating group) is 1. The molecule has 4 heteroatoms. The van der Waals surface area contributed by atoms with Crippen LogP contribution in [0.25, 0.3) is 0 Å². The van der Waals surface area contributed by atoms with Gasteiger partial charge in [-0.05, 0) is 25.9 Å². The Balaban J connectivity index is 2.36. The van der Waals surface area contributed by atoms with Crippen molar-refractivity contribution in [3.8, 4) is 0 Å². The summed E-state index contributed by atoms with van der Waals surface area (Å²) in [6, 6.07) is 0. The minimum atomic E-state index is -0.410. The molecule has 0 spiro atoms. The Morgan fingerprint density at radius 2 is 1.88 bits per heavy atom. The van der Waals surface area contributed by atoms with E-state index in [9.17, 15) is 4.79 Å². The third-order valence-electron chi connectivity index (χ3n) is 3.71. The van der Waals surface area contributed by atoms with Crippen LogP contribution in [0.15, 0.2) is 0 Å². The van der Waals surface area contributed by atoms with E-state index in [1.165, 1.54) is 0 Å². The molecule has 3 N–H and O–H groups in total. The highest BCUT2D eigenvalue weighted by molar-refractivity contribution is 5.85. The lowest BCUT2D eigenvalue weighted by atomic mass is 9.97. The van der Waals surface area contributed by atoms with E-state index in [1.807, 2.05) is 0 Å². The number of amides is 1. The molecule has 0 bridgehead atoms. The SMILES string of the molecule is CCN(CC)CCNC1(C(N)=O)CCCC1. The molecule has 0 aliphatic heterocycles. The highest BCUT2D eigenvalue weighted by Crippen LogP contribution is 2.29. The number of carbonyl (C=O) groups is 1. The number of primary amides is 1. The number of nitrogens with zero attached hydrogens (tertiary/aromatic N) is 1. The van der Waals surface area contributed by atoms with E-state index in [0.717, 1.165) is 51.9 Å². The molecule has 1 rings (SSSR count). The fourth-order valence-electron chi connectivity index (χ4n) is 2.48. The number of nitrogens with one attached hydrogen (secondary N) is 1. The van der Waals surface area contributed by atoms with Crippen LogP contribution in [-0.2, 0) is 4.79 Å². The monoisotopic (exact) mass is 227 g/mol. The summed E-state index contributed by atoms with van der Waals surface area (Å²) in [5.41, 5.74) is 5.09. The van der Waals surface area contributed by atoms with Crippen molar-refractivity contribution in [2.45, 2.75) is 45.1 Å². The highest BCUT2D eigenvalue weighted by Gasteiger charge is 2.38. The first kappa shape index (κ1) is 13.5. The zero-order chi connectivity index (χ0) is 12.0. The van der Waals surface area contributed by atoms with Crippen LogP contribution >= 0.6 is 0 Å². The lowest BCUT2D eigenvalue weighted by Gasteiger charge is -2.28. The summed E-state index contributed by atoms with van der Waals surface area (Å²) in [7, 11) is 0. The molecule has 1 saturated carbocycles. The van der Waals surface area contributed by atoms with Gasteiger partial charge >= 0.3 is 0 Å². The van der Waals surface area contributed by atoms with Crippen molar-refractivity contribution >= 4 is 5.91 Å². The average Bonchev–Trinajstić information content (AvgIpc) is 2.74. The predicted octanol–water partition coefficient (Wildman–Crippen LogP) is 0.716. The van der Waals surface area contributed by atoms with Crippen molar-refractivity contribution in [3.05, 3.63) is 0 Å². The molecule has 1 fully saturated rings. The predicted molar refractivity (Wildman–Crippen MR) is 66.2 cm³/mol. The first-order chi connectivity index (χ1) is 7.64. The molecular formula is C12H25N3O. The lowest BCUT2D eigenvalue weighted by molar-refractivity contribution is -0.124. The molecule has 1 aliphatic carbocycles. The Labute approximate surface area is 98.6 Å². The van der Waals surface area contributed by atoms with Crippen LogP contribution in [-0.4, -0.2) is 42.5 Å². The van der Waals surface area contributed by atoms with E-state index in [4.69, 9.17) is 5.73 Å². The first-order valence-corrected chi connectivity index (χ1v) is 6.42. The van der Waals surface area contributed by atoms with Gasteiger partial charge in [0, 0.05) is 13.1 Å². The molecule has 1 amide bonds. The van der Waals surface area contributed by atoms with Crippen LogP contribution in [0.1, 0.15) is 39.5 Å². The largest absolute Gasteiger partial charge is 0.368 e. The van der Waals surface area contributed by atoms with Gasteiger partial charge in [-0.25, -0.2) is 0 Å². The van der Waals surface area contributed by atoms with Gasteiger partial charge in [-0.1, -0.05) is 26.7 Å². The average molecular weight is 227 g/mol. The Morgan fingerprint density at radius 3 is 2.31 bits per heavy atom. The van der Waals surface area contributed by atoms with Crippen LogP contribution in [0, 0.1) is 0 Å². The fourth-order valence-corrected chi connectivity index (χ4v) is 2.48. The lowest BCUT2D eigenvalue weighted by Crippen LogP contribution is -2.55. The van der Waals surface area contributed by atoms with Crippen LogP contribution in [0.2, 0.25) is 0 Å². The summed E-state index contributed by atoms with van der Waals surface area (Å²) in [5.74, 6) is -0.176. The summed E-state index contributed by atoms with van der Waals surface area (Å²) >= 11 is 0. The van der Waals surface area contributed by atoms with E-state index < -0.39 is 5.54 Å². The van der Waals surface area contributed by atoms with Gasteiger partial charge in [-0.15, -0.1) is 0 Å². The molecule has 0 atom stereocenters. The second-order valence-electron chi connectivity index (χ2n) is 4.61. The van der Waals surface area contributed by atoms with Crippen molar-refractivity contribution < 1.29 is 4.79 Å². The van der Waals surface area contributed by atoms with Crippen LogP contribution in [0.3, 0.4) is 0 Å². The molecule has 0 aromatic heterocycles. The van der Waals surface area contributed by atoms with E-state index >= 15 is 0 Å². The second kappa shape index (κ2) is 6.21. The minimum Gasteiger partial charge on any atom is -0.368 e. The molecule has 16 heavy (non-hydrogen) atoms. The van der Waals surface area contributed by atoms with E-state index in [0.29, 0.717) is 0 Å². The molecule has 94 valence electrons. The number of hydrogen-bond acceptors (Lipinski definition) is 3. The maximum Gasteiger partial charge on any atom is 0.237 e. The van der Waals surface area contributed by atoms with E-state index in [1.54, 1.807) is 0 Å². The normalized spacial score (nSPS) is 19.2. The zero-order valence-electron chi connectivity index (χ0n) is 10.6. The maximum atomic E-state index is 11.5. The van der Waals surface area contributed by atoms with Crippen LogP contribution in [0.5, 0.6) is 0 Å². The van der Waals surface area contributed by atoms with Crippen molar-refractivity contribution in [1.82, 2.24) is 10.2 Å². The molecule has 0 aromatic rings. The Morgan fingerprint density at radius 1 is 1.31 bits per heavy atom. The standard InChI is InChI=1S/C12H25N3O/c1-3-15(4-2)10-9-14-12(11(13)16)7-5-6-8-12/h14H,3-10H2,1-2H3,(H2,13,16). The number of hydrogen-bond donors (Lipinski definition) is 2. The topological polar surface area (TPSA) is 58.4 Å². The van der Waals surface area contributed by atoms with Crippen molar-refractivity contribution in [1.29, 1.82) is 0 Å². The Hall–Kier alpha value is -0.610. The number of rotatable bonds is 7. The fraction of sp³-hybridized carbons (Fsp3) is 0.917. The number of carbonyl (C=O) groups excluding carboxylic acids is 1. The van der Waals surface area contributed by atoms with Crippen molar-refractivity contribution in [3.63, 3.8) is 0 Å².